The molecular formula is C72H45LaLi3O6+6. The Morgan fingerprint density at radius 1 is 0.244 bits per heavy atom. The fourth-order valence-electron chi connectivity index (χ4n) is 10.1. The van der Waals surface area contributed by atoms with Gasteiger partial charge in [-0.25, -0.2) is 0 Å². The molecule has 0 aliphatic carbocycles. The first-order valence-corrected chi connectivity index (χ1v) is 24.3. The molecule has 12 aromatic carbocycles. The molecule has 82 heavy (non-hydrogen) atoms. The molecule has 1 radical (unpaired) electrons. The van der Waals surface area contributed by atoms with Gasteiger partial charge >= 0.3 is 56.6 Å². The van der Waals surface area contributed by atoms with Gasteiger partial charge in [0.2, 0.25) is 0 Å². The van der Waals surface area contributed by atoms with Crippen LogP contribution in [0.1, 0.15) is 33.4 Å². The largest absolute Gasteiger partial charge is 1.00 e. The smallest absolute Gasteiger partial charge is 0.593 e. The Morgan fingerprint density at radius 3 is 0.622 bits per heavy atom. The van der Waals surface area contributed by atoms with E-state index >= 15 is 0 Å². The third-order valence-electron chi connectivity index (χ3n) is 13.8. The number of hydrogen-bond acceptors (Lipinski definition) is 3. The molecule has 0 bridgehead atoms. The molecule has 0 heterocycles. The Balaban J connectivity index is 0.000000193. The Hall–Kier alpha value is -8.65. The minimum atomic E-state index is 0. The summed E-state index contributed by atoms with van der Waals surface area (Å²) in [6.45, 7) is 0. The van der Waals surface area contributed by atoms with Gasteiger partial charge in [-0.2, -0.15) is 0 Å². The average molecular weight is 1170 g/mol. The zero-order valence-electron chi connectivity index (χ0n) is 45.2. The molecule has 0 unspecified atom stereocenters. The van der Waals surface area contributed by atoms with Crippen molar-refractivity contribution in [3.8, 4) is 142 Å². The SMILES string of the molecule is C#Cc1ccc2c(-c3c(O)ccc4cc(C#C)ccc34)c(O)ccc2c1.C#Cc1ccc2c(-c3c([OH2+])ccc4cc(C#C)ccc34)c(O)ccc2c1.C#Cc1ccc2c(-c3c([OH2+])ccc4cc(C#C)ccc34)c([OH2+])ccc2c1.[La].[Li+].[Li+].[Li+]. The number of rotatable bonds is 3. The van der Waals surface area contributed by atoms with Gasteiger partial charge in [-0.3, -0.25) is 0 Å². The van der Waals surface area contributed by atoms with Gasteiger partial charge in [0.15, 0.2) is 0 Å². The second-order valence-electron chi connectivity index (χ2n) is 18.3. The van der Waals surface area contributed by atoms with Gasteiger partial charge in [-0.05, 0) is 174 Å². The molecule has 12 aromatic rings. The van der Waals surface area contributed by atoms with Crippen LogP contribution in [0.25, 0.3) is 98.0 Å². The summed E-state index contributed by atoms with van der Waals surface area (Å²) in [5, 5.41) is 68.0. The van der Waals surface area contributed by atoms with E-state index in [9.17, 15) is 15.3 Å². The minimum absolute atomic E-state index is 0. The van der Waals surface area contributed by atoms with Gasteiger partial charge in [0.05, 0.1) is 16.7 Å². The number of fused-ring (bicyclic) bond motifs is 6. The van der Waals surface area contributed by atoms with E-state index in [0.717, 1.165) is 109 Å². The molecule has 0 atom stereocenters. The summed E-state index contributed by atoms with van der Waals surface area (Å²) in [7, 11) is 0. The summed E-state index contributed by atoms with van der Waals surface area (Å²) >= 11 is 0. The normalized spacial score (nSPS) is 10.0. The number of terminal acetylenes is 6. The van der Waals surface area contributed by atoms with Crippen LogP contribution in [0, 0.1) is 110 Å². The number of phenols is 3. The van der Waals surface area contributed by atoms with Gasteiger partial charge < -0.3 is 30.6 Å². The number of hydrogen-bond donors (Lipinski definition) is 3. The molecule has 10 heteroatoms. The molecule has 0 aliphatic rings. The molecule has 0 amide bonds. The van der Waals surface area contributed by atoms with Gasteiger partial charge in [0.1, 0.15) is 17.2 Å². The van der Waals surface area contributed by atoms with Crippen LogP contribution >= 0.6 is 0 Å². The molecule has 0 aromatic heterocycles. The van der Waals surface area contributed by atoms with Crippen molar-refractivity contribution in [1.82, 2.24) is 0 Å². The Kier molecular flexibility index (Phi) is 20.4. The molecule has 0 saturated carbocycles. The zero-order valence-corrected chi connectivity index (χ0v) is 48.8. The Bertz CT molecular complexity index is 4010. The van der Waals surface area contributed by atoms with E-state index in [1.165, 1.54) is 0 Å². The summed E-state index contributed by atoms with van der Waals surface area (Å²) in [4.78, 5) is 0. The van der Waals surface area contributed by atoms with E-state index in [0.29, 0.717) is 39.5 Å². The van der Waals surface area contributed by atoms with Crippen molar-refractivity contribution in [2.24, 2.45) is 0 Å². The summed E-state index contributed by atoms with van der Waals surface area (Å²) in [5.74, 6) is 17.2. The van der Waals surface area contributed by atoms with E-state index in [1.807, 2.05) is 146 Å². The van der Waals surface area contributed by atoms with Gasteiger partial charge in [0, 0.05) is 104 Å². The Labute approximate surface area is 539 Å². The van der Waals surface area contributed by atoms with Crippen LogP contribution in [0.5, 0.6) is 34.5 Å². The maximum Gasteiger partial charge on any atom is 1.00 e. The van der Waals surface area contributed by atoms with E-state index in [-0.39, 0.29) is 109 Å². The summed E-state index contributed by atoms with van der Waals surface area (Å²) in [5.41, 5.74) is 8.62. The van der Waals surface area contributed by atoms with E-state index in [2.05, 4.69) is 35.5 Å². The van der Waals surface area contributed by atoms with Crippen LogP contribution in [0.4, 0.5) is 0 Å². The van der Waals surface area contributed by atoms with Crippen molar-refractivity contribution in [3.63, 3.8) is 0 Å². The summed E-state index contributed by atoms with van der Waals surface area (Å²) in [6.07, 6.45) is 33.0. The maximum atomic E-state index is 10.6. The van der Waals surface area contributed by atoms with E-state index < -0.39 is 0 Å². The maximum absolute atomic E-state index is 10.6. The molecule has 0 saturated heterocycles. The zero-order chi connectivity index (χ0) is 54.8. The first-order valence-electron chi connectivity index (χ1n) is 24.3. The van der Waals surface area contributed by atoms with Gasteiger partial charge in [-0.15, -0.1) is 38.5 Å². The topological polar surface area (TPSA) is 129 Å². The molecule has 369 valence electrons. The molecule has 9 N–H and O–H groups in total. The van der Waals surface area contributed by atoms with Crippen molar-refractivity contribution in [2.75, 3.05) is 0 Å². The van der Waals surface area contributed by atoms with Crippen LogP contribution in [-0.4, -0.2) is 30.6 Å². The van der Waals surface area contributed by atoms with Gasteiger partial charge in [-0.1, -0.05) is 90.1 Å². The predicted molar refractivity (Wildman–Crippen MR) is 322 cm³/mol. The molecule has 0 aliphatic heterocycles. The fourth-order valence-corrected chi connectivity index (χ4v) is 10.1. The van der Waals surface area contributed by atoms with Crippen molar-refractivity contribution in [3.05, 3.63) is 215 Å². The third kappa shape index (κ3) is 12.0. The molecule has 6 nitrogen and oxygen atoms in total. The van der Waals surface area contributed by atoms with Crippen LogP contribution in [0.15, 0.2) is 182 Å². The van der Waals surface area contributed by atoms with Crippen molar-refractivity contribution in [2.45, 2.75) is 0 Å². The molecule has 0 spiro atoms. The molecule has 0 fully saturated rings. The summed E-state index contributed by atoms with van der Waals surface area (Å²) in [6, 6.07) is 55.2. The average Bonchev–Trinajstić information content (AvgIpc) is 3.48. The standard InChI is InChI=1S/3C24H14O2.La.3Li/c3*1-3-15-5-9-19-17(13-15)7-11-21(25)23(19)24-20-10-6-16(4-2)14-18(20)8-12-22(24)26;;;;/h3*1-2,5-14,25-26H;;;;/q;;;;3*+1/p+3. The van der Waals surface area contributed by atoms with Crippen LogP contribution in [0.3, 0.4) is 0 Å². The minimum Gasteiger partial charge on any atom is -0.593 e. The second-order valence-corrected chi connectivity index (χ2v) is 18.3. The third-order valence-corrected chi connectivity index (χ3v) is 13.8. The van der Waals surface area contributed by atoms with E-state index in [1.54, 1.807) is 36.4 Å². The first-order chi connectivity index (χ1) is 37.9. The number of benzene rings is 12. The quantitative estimate of drug-likeness (QED) is 0.126. The predicted octanol–water partition coefficient (Wildman–Crippen LogP) is 5.31. The van der Waals surface area contributed by atoms with Crippen molar-refractivity contribution >= 4 is 64.6 Å². The van der Waals surface area contributed by atoms with E-state index in [4.69, 9.17) is 53.9 Å². The van der Waals surface area contributed by atoms with Crippen LogP contribution in [-0.2, 0) is 0 Å². The van der Waals surface area contributed by atoms with Crippen molar-refractivity contribution in [1.29, 1.82) is 0 Å². The van der Waals surface area contributed by atoms with Crippen LogP contribution in [0.2, 0.25) is 0 Å². The molecular weight excluding hydrogens is 1120 g/mol. The number of aromatic hydroxyl groups is 3. The fraction of sp³-hybridized carbons (Fsp3) is 0. The first kappa shape index (κ1) is 62.5. The number of phenolic OH excluding ortho intramolecular Hbond substituents is 3. The monoisotopic (exact) mass is 1170 g/mol. The van der Waals surface area contributed by atoms with Crippen LogP contribution < -0.4 is 56.6 Å². The second kappa shape index (κ2) is 26.7. The van der Waals surface area contributed by atoms with Gasteiger partial charge in [0.25, 0.3) is 17.2 Å². The molecule has 12 rings (SSSR count). The van der Waals surface area contributed by atoms with Crippen molar-refractivity contribution < 1.29 is 123 Å². The summed E-state index contributed by atoms with van der Waals surface area (Å²) < 4.78 is 0. The Morgan fingerprint density at radius 2 is 0.415 bits per heavy atom.